The van der Waals surface area contributed by atoms with Gasteiger partial charge in [-0.3, -0.25) is 0 Å². The minimum atomic E-state index is 1.21. The van der Waals surface area contributed by atoms with Gasteiger partial charge in [0, 0.05) is 11.7 Å². The lowest BCUT2D eigenvalue weighted by atomic mass is 10.2. The molecule has 0 amide bonds. The van der Waals surface area contributed by atoms with Crippen LogP contribution < -0.4 is 0 Å². The third-order valence-electron chi connectivity index (χ3n) is 2.42. The molecule has 1 heteroatoms. The predicted octanol–water partition coefficient (Wildman–Crippen LogP) is 4.75. The van der Waals surface area contributed by atoms with Crippen molar-refractivity contribution in [3.05, 3.63) is 36.5 Å². The first-order valence-corrected chi connectivity index (χ1v) is 5.90. The van der Waals surface area contributed by atoms with Gasteiger partial charge in [0.1, 0.15) is 0 Å². The molecule has 0 atom stereocenters. The molecule has 2 rings (SSSR count). The third-order valence-corrected chi connectivity index (χ3v) is 2.42. The highest BCUT2D eigenvalue weighted by Gasteiger charge is 1.86. The molecule has 0 unspecified atom stereocenters. The Morgan fingerprint density at radius 1 is 0.933 bits per heavy atom. The Bertz CT molecular complexity index is 328. The smallest absolute Gasteiger partial charge is 0.0453 e. The van der Waals surface area contributed by atoms with E-state index in [2.05, 4.69) is 37.0 Å². The summed E-state index contributed by atoms with van der Waals surface area (Å²) >= 11 is 0. The van der Waals surface area contributed by atoms with Crippen LogP contribution in [0.15, 0.2) is 36.5 Å². The van der Waals surface area contributed by atoms with Crippen LogP contribution in [0.1, 0.15) is 39.5 Å². The number of para-hydroxylation sites is 1. The van der Waals surface area contributed by atoms with Gasteiger partial charge in [-0.1, -0.05) is 57.7 Å². The lowest BCUT2D eigenvalue weighted by Gasteiger charge is -1.86. The fourth-order valence-corrected chi connectivity index (χ4v) is 1.50. The summed E-state index contributed by atoms with van der Waals surface area (Å²) in [5.41, 5.74) is 1.21. The molecule has 0 radical (unpaired) electrons. The summed E-state index contributed by atoms with van der Waals surface area (Å²) in [6.45, 7) is 4.46. The molecule has 1 aromatic carbocycles. The van der Waals surface area contributed by atoms with Crippen molar-refractivity contribution in [1.82, 2.24) is 4.98 Å². The number of benzene rings is 1. The van der Waals surface area contributed by atoms with Crippen molar-refractivity contribution < 1.29 is 0 Å². The van der Waals surface area contributed by atoms with E-state index >= 15 is 0 Å². The Morgan fingerprint density at radius 2 is 1.60 bits per heavy atom. The van der Waals surface area contributed by atoms with Crippen LogP contribution in [0.5, 0.6) is 0 Å². The minimum absolute atomic E-state index is 1.21. The Labute approximate surface area is 92.5 Å². The molecular formula is C14H21N. The quantitative estimate of drug-likeness (QED) is 0.692. The summed E-state index contributed by atoms with van der Waals surface area (Å²) in [5, 5.41) is 1.28. The normalized spacial score (nSPS) is 9.73. The van der Waals surface area contributed by atoms with E-state index in [1.807, 2.05) is 18.3 Å². The van der Waals surface area contributed by atoms with Gasteiger partial charge in [-0.05, 0) is 17.5 Å². The van der Waals surface area contributed by atoms with E-state index in [1.165, 1.54) is 36.6 Å². The molecule has 0 aliphatic rings. The van der Waals surface area contributed by atoms with Crippen molar-refractivity contribution in [2.75, 3.05) is 0 Å². The first-order chi connectivity index (χ1) is 7.38. The maximum Gasteiger partial charge on any atom is 0.0453 e. The Morgan fingerprint density at radius 3 is 2.20 bits per heavy atom. The molecule has 0 fully saturated rings. The molecule has 15 heavy (non-hydrogen) atoms. The number of aromatic nitrogens is 1. The van der Waals surface area contributed by atoms with Gasteiger partial charge in [0.15, 0.2) is 0 Å². The van der Waals surface area contributed by atoms with Crippen molar-refractivity contribution in [3.63, 3.8) is 0 Å². The van der Waals surface area contributed by atoms with E-state index in [0.717, 1.165) is 0 Å². The first-order valence-electron chi connectivity index (χ1n) is 5.90. The summed E-state index contributed by atoms with van der Waals surface area (Å²) in [4.78, 5) is 3.12. The number of fused-ring (bicyclic) bond motifs is 1. The monoisotopic (exact) mass is 203 g/mol. The highest BCUT2D eigenvalue weighted by molar-refractivity contribution is 5.78. The fraction of sp³-hybridized carbons (Fsp3) is 0.429. The lowest BCUT2D eigenvalue weighted by Crippen LogP contribution is -1.66. The highest BCUT2D eigenvalue weighted by Crippen LogP contribution is 2.09. The predicted molar refractivity (Wildman–Crippen MR) is 68.1 cm³/mol. The van der Waals surface area contributed by atoms with Crippen molar-refractivity contribution in [1.29, 1.82) is 0 Å². The fourth-order valence-electron chi connectivity index (χ4n) is 1.50. The summed E-state index contributed by atoms with van der Waals surface area (Å²) in [7, 11) is 0. The largest absolute Gasteiger partial charge is 0.361 e. The molecule has 0 aliphatic heterocycles. The molecule has 1 N–H and O–H groups in total. The van der Waals surface area contributed by atoms with Gasteiger partial charge in [-0.25, -0.2) is 0 Å². The number of hydrogen-bond acceptors (Lipinski definition) is 0. The minimum Gasteiger partial charge on any atom is -0.361 e. The maximum absolute atomic E-state index is 3.12. The number of nitrogens with one attached hydrogen (secondary N) is 1. The third kappa shape index (κ3) is 4.20. The average Bonchev–Trinajstić information content (AvgIpc) is 2.75. The molecule has 82 valence electrons. The summed E-state index contributed by atoms with van der Waals surface area (Å²) in [6.07, 6.45) is 7.49. The summed E-state index contributed by atoms with van der Waals surface area (Å²) in [6, 6.07) is 10.3. The molecule has 1 heterocycles. The molecule has 0 saturated heterocycles. The second-order valence-electron chi connectivity index (χ2n) is 3.77. The second kappa shape index (κ2) is 7.10. The van der Waals surface area contributed by atoms with Crippen molar-refractivity contribution in [2.24, 2.45) is 0 Å². The molecule has 1 aromatic heterocycles. The SMILES string of the molecule is CCCCCC.c1ccc2[nH]ccc2c1. The molecule has 2 aromatic rings. The molecule has 1 nitrogen and oxygen atoms in total. The van der Waals surface area contributed by atoms with Gasteiger partial charge in [0.2, 0.25) is 0 Å². The van der Waals surface area contributed by atoms with Gasteiger partial charge in [-0.15, -0.1) is 0 Å². The molecule has 0 saturated carbocycles. The van der Waals surface area contributed by atoms with Crippen LogP contribution in [0.25, 0.3) is 10.9 Å². The topological polar surface area (TPSA) is 15.8 Å². The van der Waals surface area contributed by atoms with E-state index in [4.69, 9.17) is 0 Å². The van der Waals surface area contributed by atoms with E-state index in [1.54, 1.807) is 0 Å². The van der Waals surface area contributed by atoms with E-state index in [-0.39, 0.29) is 0 Å². The van der Waals surface area contributed by atoms with E-state index in [9.17, 15) is 0 Å². The number of aromatic amines is 1. The van der Waals surface area contributed by atoms with Gasteiger partial charge in [0.05, 0.1) is 0 Å². The number of H-pyrrole nitrogens is 1. The number of hydrogen-bond donors (Lipinski definition) is 1. The summed E-state index contributed by atoms with van der Waals surface area (Å²) < 4.78 is 0. The summed E-state index contributed by atoms with van der Waals surface area (Å²) in [5.74, 6) is 0. The maximum atomic E-state index is 3.12. The number of unbranched alkanes of at least 4 members (excludes halogenated alkanes) is 3. The van der Waals surface area contributed by atoms with Crippen LogP contribution in [0, 0.1) is 0 Å². The van der Waals surface area contributed by atoms with Gasteiger partial charge in [-0.2, -0.15) is 0 Å². The van der Waals surface area contributed by atoms with Crippen LogP contribution in [0.4, 0.5) is 0 Å². The lowest BCUT2D eigenvalue weighted by molar-refractivity contribution is 0.702. The van der Waals surface area contributed by atoms with E-state index < -0.39 is 0 Å². The zero-order valence-corrected chi connectivity index (χ0v) is 9.79. The van der Waals surface area contributed by atoms with Crippen LogP contribution >= 0.6 is 0 Å². The van der Waals surface area contributed by atoms with Crippen LogP contribution in [-0.2, 0) is 0 Å². The second-order valence-corrected chi connectivity index (χ2v) is 3.77. The van der Waals surface area contributed by atoms with Gasteiger partial charge >= 0.3 is 0 Å². The highest BCUT2D eigenvalue weighted by atomic mass is 14.6. The van der Waals surface area contributed by atoms with Gasteiger partial charge < -0.3 is 4.98 Å². The van der Waals surface area contributed by atoms with Crippen LogP contribution in [0.3, 0.4) is 0 Å². The van der Waals surface area contributed by atoms with Crippen molar-refractivity contribution in [3.8, 4) is 0 Å². The zero-order valence-electron chi connectivity index (χ0n) is 9.79. The first kappa shape index (κ1) is 11.8. The molecule has 0 aliphatic carbocycles. The number of rotatable bonds is 3. The van der Waals surface area contributed by atoms with Crippen LogP contribution in [0.2, 0.25) is 0 Å². The standard InChI is InChI=1S/C8H7N.C6H14/c1-2-4-8-7(3-1)5-6-9-8;1-3-5-6-4-2/h1-6,9H;3-6H2,1-2H3. The zero-order chi connectivity index (χ0) is 10.9. The Hall–Kier alpha value is -1.24. The van der Waals surface area contributed by atoms with Gasteiger partial charge in [0.25, 0.3) is 0 Å². The molecular weight excluding hydrogens is 182 g/mol. The molecule has 0 spiro atoms. The van der Waals surface area contributed by atoms with E-state index in [0.29, 0.717) is 0 Å². The molecule has 0 bridgehead atoms. The Kier molecular flexibility index (Phi) is 5.60. The van der Waals surface area contributed by atoms with Crippen LogP contribution in [-0.4, -0.2) is 4.98 Å². The average molecular weight is 203 g/mol. The Balaban J connectivity index is 0.000000167. The van der Waals surface area contributed by atoms with Crippen molar-refractivity contribution >= 4 is 10.9 Å². The van der Waals surface area contributed by atoms with Crippen molar-refractivity contribution in [2.45, 2.75) is 39.5 Å².